The van der Waals surface area contributed by atoms with Crippen molar-refractivity contribution in [2.45, 2.75) is 70.1 Å². The minimum Gasteiger partial charge on any atom is -0.373 e. The van der Waals surface area contributed by atoms with Crippen LogP contribution in [0.2, 0.25) is 0 Å². The van der Waals surface area contributed by atoms with Gasteiger partial charge in [0.25, 0.3) is 0 Å². The Morgan fingerprint density at radius 1 is 1.30 bits per heavy atom. The quantitative estimate of drug-likeness (QED) is 0.440. The highest BCUT2D eigenvalue weighted by molar-refractivity contribution is 14.0. The molecule has 0 aromatic heterocycles. The number of guanidine groups is 1. The normalized spacial score (nSPS) is 34.9. The van der Waals surface area contributed by atoms with E-state index in [1.54, 1.807) is 0 Å². The second-order valence-electron chi connectivity index (χ2n) is 6.80. The van der Waals surface area contributed by atoms with E-state index in [2.05, 4.69) is 22.5 Å². The fraction of sp³-hybridized carbons (Fsp3) is 0.933. The van der Waals surface area contributed by atoms with Gasteiger partial charge >= 0.3 is 0 Å². The van der Waals surface area contributed by atoms with Crippen molar-refractivity contribution in [2.75, 3.05) is 13.6 Å². The van der Waals surface area contributed by atoms with Crippen LogP contribution in [-0.2, 0) is 4.74 Å². The SMILES string of the molecule is CN=C(NCC1(C)CCCC1)NC1CC2CCC1O2.I. The lowest BCUT2D eigenvalue weighted by Crippen LogP contribution is -2.49. The molecule has 0 aromatic rings. The van der Waals surface area contributed by atoms with Crippen LogP contribution in [-0.4, -0.2) is 37.8 Å². The topological polar surface area (TPSA) is 45.7 Å². The highest BCUT2D eigenvalue weighted by Crippen LogP contribution is 2.37. The molecule has 0 amide bonds. The van der Waals surface area contributed by atoms with Gasteiger partial charge in [0, 0.05) is 13.6 Å². The maximum absolute atomic E-state index is 5.88. The third-order valence-electron chi connectivity index (χ3n) is 5.15. The summed E-state index contributed by atoms with van der Waals surface area (Å²) in [4.78, 5) is 4.37. The van der Waals surface area contributed by atoms with Gasteiger partial charge in [0.15, 0.2) is 5.96 Å². The fourth-order valence-corrected chi connectivity index (χ4v) is 3.86. The monoisotopic (exact) mass is 393 g/mol. The number of rotatable bonds is 3. The van der Waals surface area contributed by atoms with Crippen LogP contribution in [0.1, 0.15) is 51.9 Å². The van der Waals surface area contributed by atoms with E-state index in [0.717, 1.165) is 18.9 Å². The molecule has 0 spiro atoms. The summed E-state index contributed by atoms with van der Waals surface area (Å²) in [6.45, 7) is 3.43. The predicted molar refractivity (Wildman–Crippen MR) is 92.8 cm³/mol. The summed E-state index contributed by atoms with van der Waals surface area (Å²) in [5.74, 6) is 0.953. The van der Waals surface area contributed by atoms with Crippen molar-refractivity contribution in [1.29, 1.82) is 0 Å². The molecule has 3 aliphatic rings. The van der Waals surface area contributed by atoms with Crippen molar-refractivity contribution in [3.05, 3.63) is 0 Å². The first kappa shape index (κ1) is 16.3. The Hall–Kier alpha value is -0.0400. The zero-order valence-electron chi connectivity index (χ0n) is 12.7. The molecular weight excluding hydrogens is 365 g/mol. The molecule has 3 unspecified atom stereocenters. The molecule has 3 fully saturated rings. The standard InChI is InChI=1S/C15H27N3O.HI/c1-15(7-3-4-8-15)10-17-14(16-2)18-12-9-11-5-6-13(12)19-11;/h11-13H,3-10H2,1-2H3,(H2,16,17,18);1H. The Bertz CT molecular complexity index is 355. The van der Waals surface area contributed by atoms with Crippen molar-refractivity contribution < 1.29 is 4.74 Å². The Morgan fingerprint density at radius 3 is 2.60 bits per heavy atom. The maximum Gasteiger partial charge on any atom is 0.191 e. The third kappa shape index (κ3) is 3.59. The number of fused-ring (bicyclic) bond motifs is 2. The lowest BCUT2D eigenvalue weighted by Gasteiger charge is -2.27. The average Bonchev–Trinajstić information content (AvgIpc) is 3.11. The van der Waals surface area contributed by atoms with E-state index in [1.165, 1.54) is 38.5 Å². The molecule has 1 saturated carbocycles. The molecule has 5 heteroatoms. The maximum atomic E-state index is 5.88. The van der Waals surface area contributed by atoms with Crippen LogP contribution in [0.25, 0.3) is 0 Å². The molecule has 2 saturated heterocycles. The van der Waals surface area contributed by atoms with E-state index in [4.69, 9.17) is 4.74 Å². The zero-order valence-corrected chi connectivity index (χ0v) is 15.0. The number of aliphatic imine (C=N–C) groups is 1. The number of ether oxygens (including phenoxy) is 1. The summed E-state index contributed by atoms with van der Waals surface area (Å²) < 4.78 is 5.88. The van der Waals surface area contributed by atoms with E-state index < -0.39 is 0 Å². The van der Waals surface area contributed by atoms with Crippen LogP contribution in [0.4, 0.5) is 0 Å². The molecule has 2 N–H and O–H groups in total. The highest BCUT2D eigenvalue weighted by Gasteiger charge is 2.41. The van der Waals surface area contributed by atoms with Crippen molar-refractivity contribution in [1.82, 2.24) is 10.6 Å². The number of nitrogens with one attached hydrogen (secondary N) is 2. The van der Waals surface area contributed by atoms with E-state index >= 15 is 0 Å². The first-order valence-corrected chi connectivity index (χ1v) is 7.81. The van der Waals surface area contributed by atoms with Gasteiger partial charge < -0.3 is 15.4 Å². The fourth-order valence-electron chi connectivity index (χ4n) is 3.86. The summed E-state index contributed by atoms with van der Waals surface area (Å²) in [5.41, 5.74) is 0.461. The molecule has 4 nitrogen and oxygen atoms in total. The molecule has 20 heavy (non-hydrogen) atoms. The molecule has 2 bridgehead atoms. The van der Waals surface area contributed by atoms with E-state index in [1.807, 2.05) is 7.05 Å². The van der Waals surface area contributed by atoms with E-state index in [9.17, 15) is 0 Å². The van der Waals surface area contributed by atoms with Gasteiger partial charge in [-0.1, -0.05) is 19.8 Å². The molecule has 0 aromatic carbocycles. The Labute approximate surface area is 139 Å². The molecular formula is C15H28IN3O. The van der Waals surface area contributed by atoms with Gasteiger partial charge in [-0.25, -0.2) is 0 Å². The van der Waals surface area contributed by atoms with Crippen LogP contribution in [0.5, 0.6) is 0 Å². The van der Waals surface area contributed by atoms with Gasteiger partial charge in [-0.3, -0.25) is 4.99 Å². The van der Waals surface area contributed by atoms with Gasteiger partial charge in [-0.15, -0.1) is 24.0 Å². The van der Waals surface area contributed by atoms with Crippen LogP contribution in [0.3, 0.4) is 0 Å². The Balaban J connectivity index is 0.00000147. The van der Waals surface area contributed by atoms with Crippen LogP contribution in [0.15, 0.2) is 4.99 Å². The van der Waals surface area contributed by atoms with Crippen LogP contribution in [0, 0.1) is 5.41 Å². The van der Waals surface area contributed by atoms with Gasteiger partial charge in [-0.05, 0) is 37.5 Å². The first-order valence-electron chi connectivity index (χ1n) is 7.81. The summed E-state index contributed by atoms with van der Waals surface area (Å²) in [5, 5.41) is 7.07. The molecule has 1 aliphatic carbocycles. The minimum atomic E-state index is 0. The second-order valence-corrected chi connectivity index (χ2v) is 6.80. The van der Waals surface area contributed by atoms with E-state index in [0.29, 0.717) is 23.7 Å². The van der Waals surface area contributed by atoms with Crippen LogP contribution >= 0.6 is 24.0 Å². The summed E-state index contributed by atoms with van der Waals surface area (Å²) in [6.07, 6.45) is 9.93. The first-order chi connectivity index (χ1) is 9.18. The summed E-state index contributed by atoms with van der Waals surface area (Å²) >= 11 is 0. The van der Waals surface area contributed by atoms with Crippen LogP contribution < -0.4 is 10.6 Å². The number of hydrogen-bond acceptors (Lipinski definition) is 2. The zero-order chi connectivity index (χ0) is 13.3. The number of hydrogen-bond donors (Lipinski definition) is 2. The van der Waals surface area contributed by atoms with Crippen molar-refractivity contribution in [3.63, 3.8) is 0 Å². The van der Waals surface area contributed by atoms with Crippen molar-refractivity contribution in [3.8, 4) is 0 Å². The lowest BCUT2D eigenvalue weighted by molar-refractivity contribution is 0.0992. The van der Waals surface area contributed by atoms with Crippen molar-refractivity contribution in [2.24, 2.45) is 10.4 Å². The predicted octanol–water partition coefficient (Wildman–Crippen LogP) is 2.67. The summed E-state index contributed by atoms with van der Waals surface area (Å²) in [7, 11) is 1.86. The van der Waals surface area contributed by atoms with Crippen molar-refractivity contribution >= 4 is 29.9 Å². The van der Waals surface area contributed by atoms with Gasteiger partial charge in [0.2, 0.25) is 0 Å². The summed E-state index contributed by atoms with van der Waals surface area (Å²) in [6, 6.07) is 0.460. The molecule has 116 valence electrons. The highest BCUT2D eigenvalue weighted by atomic mass is 127. The number of nitrogens with zero attached hydrogens (tertiary/aromatic N) is 1. The lowest BCUT2D eigenvalue weighted by atomic mass is 9.89. The van der Waals surface area contributed by atoms with Gasteiger partial charge in [-0.2, -0.15) is 0 Å². The molecule has 2 aliphatic heterocycles. The Morgan fingerprint density at radius 2 is 2.05 bits per heavy atom. The largest absolute Gasteiger partial charge is 0.373 e. The third-order valence-corrected chi connectivity index (χ3v) is 5.15. The molecule has 3 rings (SSSR count). The molecule has 0 radical (unpaired) electrons. The van der Waals surface area contributed by atoms with E-state index in [-0.39, 0.29) is 24.0 Å². The minimum absolute atomic E-state index is 0. The Kier molecular flexibility index (Phi) is 5.56. The number of halogens is 1. The second kappa shape index (κ2) is 6.81. The molecule has 3 atom stereocenters. The smallest absolute Gasteiger partial charge is 0.191 e. The van der Waals surface area contributed by atoms with Gasteiger partial charge in [0.05, 0.1) is 18.2 Å². The average molecular weight is 393 g/mol. The molecule has 2 heterocycles. The van der Waals surface area contributed by atoms with Gasteiger partial charge in [0.1, 0.15) is 0 Å².